The Balaban J connectivity index is 0.00000220. The van der Waals surface area contributed by atoms with Gasteiger partial charge in [-0.25, -0.2) is 0 Å². The zero-order valence-electron chi connectivity index (χ0n) is 10.7. The second-order valence-corrected chi connectivity index (χ2v) is 5.00. The van der Waals surface area contributed by atoms with Gasteiger partial charge in [0.25, 0.3) is 5.91 Å². The fraction of sp³-hybridized carbons (Fsp3) is 0.0714. The second-order valence-electron chi connectivity index (χ2n) is 4.18. The predicted octanol–water partition coefficient (Wildman–Crippen LogP) is -0.733. The van der Waals surface area contributed by atoms with Crippen molar-refractivity contribution >= 4 is 34.9 Å². The largest absolute Gasteiger partial charge is 1.00 e. The third-order valence-corrected chi connectivity index (χ3v) is 3.45. The molecular weight excluding hydrogens is 335 g/mol. The molecule has 2 aromatic rings. The summed E-state index contributed by atoms with van der Waals surface area (Å²) in [6.07, 6.45) is 3.21. The van der Waals surface area contributed by atoms with E-state index in [0.29, 0.717) is 21.2 Å². The quantitative estimate of drug-likeness (QED) is 0.586. The highest BCUT2D eigenvalue weighted by molar-refractivity contribution is 6.42. The average Bonchev–Trinajstić information content (AvgIpc) is 2.42. The van der Waals surface area contributed by atoms with Crippen LogP contribution in [0.5, 0.6) is 0 Å². The number of amides is 1. The van der Waals surface area contributed by atoms with Gasteiger partial charge in [-0.15, -0.1) is 0 Å². The molecule has 0 saturated carbocycles. The summed E-state index contributed by atoms with van der Waals surface area (Å²) >= 11 is 11.7. The summed E-state index contributed by atoms with van der Waals surface area (Å²) in [6, 6.07) is 7.94. The standard InChI is InChI=1S/C14H10Cl2N2O2.ClH/c15-11-4-3-9(6-12(11)16)13(19)8-18-5-1-2-10(7-18)14(17)20;/h1-7H,8H2,(H-,17,20);1H. The van der Waals surface area contributed by atoms with Crippen molar-refractivity contribution in [2.75, 3.05) is 0 Å². The molecule has 2 N–H and O–H groups in total. The van der Waals surface area contributed by atoms with Crippen LogP contribution in [0.4, 0.5) is 0 Å². The Morgan fingerprint density at radius 3 is 2.43 bits per heavy atom. The van der Waals surface area contributed by atoms with E-state index in [2.05, 4.69) is 0 Å². The van der Waals surface area contributed by atoms with E-state index in [0.717, 1.165) is 0 Å². The lowest BCUT2D eigenvalue weighted by Gasteiger charge is -2.01. The summed E-state index contributed by atoms with van der Waals surface area (Å²) in [5.41, 5.74) is 5.99. The van der Waals surface area contributed by atoms with Crippen molar-refractivity contribution in [2.24, 2.45) is 5.73 Å². The van der Waals surface area contributed by atoms with Crippen LogP contribution in [0.3, 0.4) is 0 Å². The maximum absolute atomic E-state index is 12.1. The third-order valence-electron chi connectivity index (χ3n) is 2.71. The van der Waals surface area contributed by atoms with Gasteiger partial charge in [0.15, 0.2) is 12.4 Å². The van der Waals surface area contributed by atoms with E-state index in [1.807, 2.05) is 0 Å². The van der Waals surface area contributed by atoms with Gasteiger partial charge >= 0.3 is 0 Å². The van der Waals surface area contributed by atoms with Crippen LogP contribution in [-0.2, 0) is 6.54 Å². The molecule has 0 fully saturated rings. The molecule has 0 bridgehead atoms. The molecule has 1 heterocycles. The number of carbonyl (C=O) groups excluding carboxylic acids is 2. The van der Waals surface area contributed by atoms with Gasteiger partial charge in [0.05, 0.1) is 10.0 Å². The first-order valence-electron chi connectivity index (χ1n) is 5.74. The van der Waals surface area contributed by atoms with Crippen molar-refractivity contribution in [3.8, 4) is 0 Å². The molecule has 1 amide bonds. The molecule has 21 heavy (non-hydrogen) atoms. The summed E-state index contributed by atoms with van der Waals surface area (Å²) < 4.78 is 1.59. The molecule has 0 unspecified atom stereocenters. The lowest BCUT2D eigenvalue weighted by molar-refractivity contribution is -0.683. The van der Waals surface area contributed by atoms with E-state index in [4.69, 9.17) is 28.9 Å². The molecule has 110 valence electrons. The van der Waals surface area contributed by atoms with E-state index in [-0.39, 0.29) is 24.7 Å². The van der Waals surface area contributed by atoms with E-state index >= 15 is 0 Å². The number of carbonyl (C=O) groups is 2. The van der Waals surface area contributed by atoms with E-state index in [1.54, 1.807) is 35.0 Å². The zero-order valence-corrected chi connectivity index (χ0v) is 13.0. The molecule has 0 aliphatic rings. The maximum Gasteiger partial charge on any atom is 0.254 e. The number of hydrogen-bond acceptors (Lipinski definition) is 2. The van der Waals surface area contributed by atoms with Crippen molar-refractivity contribution < 1.29 is 26.6 Å². The Labute approximate surface area is 137 Å². The van der Waals surface area contributed by atoms with E-state index < -0.39 is 5.91 Å². The summed E-state index contributed by atoms with van der Waals surface area (Å²) in [5, 5.41) is 0.722. The number of primary amides is 1. The first-order valence-corrected chi connectivity index (χ1v) is 6.50. The number of hydrogen-bond donors (Lipinski definition) is 1. The highest BCUT2D eigenvalue weighted by atomic mass is 35.5. The first-order chi connectivity index (χ1) is 9.47. The summed E-state index contributed by atoms with van der Waals surface area (Å²) in [4.78, 5) is 23.2. The van der Waals surface area contributed by atoms with Gasteiger partial charge in [-0.1, -0.05) is 23.2 Å². The number of ketones is 1. The topological polar surface area (TPSA) is 64.0 Å². The number of nitrogens with two attached hydrogens (primary N) is 1. The van der Waals surface area contributed by atoms with Gasteiger partial charge in [0, 0.05) is 11.6 Å². The molecule has 0 atom stereocenters. The van der Waals surface area contributed by atoms with Crippen molar-refractivity contribution in [2.45, 2.75) is 6.54 Å². The van der Waals surface area contributed by atoms with Crippen molar-refractivity contribution in [1.82, 2.24) is 0 Å². The van der Waals surface area contributed by atoms with Crippen LogP contribution >= 0.6 is 23.2 Å². The molecule has 0 saturated heterocycles. The highest BCUT2D eigenvalue weighted by Crippen LogP contribution is 2.22. The van der Waals surface area contributed by atoms with Crippen LogP contribution in [0.25, 0.3) is 0 Å². The smallest absolute Gasteiger partial charge is 0.254 e. The van der Waals surface area contributed by atoms with Crippen LogP contribution in [0.15, 0.2) is 42.7 Å². The molecule has 4 nitrogen and oxygen atoms in total. The fourth-order valence-corrected chi connectivity index (χ4v) is 1.99. The SMILES string of the molecule is NC(=O)c1ccc[n+](CC(=O)c2ccc(Cl)c(Cl)c2)c1.[Cl-]. The van der Waals surface area contributed by atoms with Gasteiger partial charge < -0.3 is 18.1 Å². The number of halogens is 3. The van der Waals surface area contributed by atoms with Crippen LogP contribution in [0, 0.1) is 0 Å². The maximum atomic E-state index is 12.1. The minimum Gasteiger partial charge on any atom is -1.00 e. The Morgan fingerprint density at radius 1 is 1.10 bits per heavy atom. The summed E-state index contributed by atoms with van der Waals surface area (Å²) in [5.74, 6) is -0.684. The van der Waals surface area contributed by atoms with E-state index in [9.17, 15) is 9.59 Å². The Bertz CT molecular complexity index is 690. The second kappa shape index (κ2) is 7.41. The van der Waals surface area contributed by atoms with Gasteiger partial charge in [-0.05, 0) is 24.3 Å². The predicted molar refractivity (Wildman–Crippen MR) is 75.9 cm³/mol. The monoisotopic (exact) mass is 344 g/mol. The number of Topliss-reactive ketones (excluding diaryl/α,β-unsaturated/α-hetero) is 1. The molecule has 0 radical (unpaired) electrons. The Kier molecular flexibility index (Phi) is 6.15. The number of nitrogens with zero attached hydrogens (tertiary/aromatic N) is 1. The van der Waals surface area contributed by atoms with Crippen LogP contribution in [0.2, 0.25) is 10.0 Å². The van der Waals surface area contributed by atoms with Gasteiger partial charge in [-0.3, -0.25) is 9.59 Å². The Morgan fingerprint density at radius 2 is 1.81 bits per heavy atom. The molecule has 1 aromatic heterocycles. The molecule has 0 spiro atoms. The van der Waals surface area contributed by atoms with Crippen LogP contribution in [-0.4, -0.2) is 11.7 Å². The molecule has 0 aliphatic heterocycles. The lowest BCUT2D eigenvalue weighted by Crippen LogP contribution is -3.00. The summed E-state index contributed by atoms with van der Waals surface area (Å²) in [7, 11) is 0. The number of rotatable bonds is 4. The van der Waals surface area contributed by atoms with Crippen LogP contribution < -0.4 is 22.7 Å². The van der Waals surface area contributed by atoms with Crippen molar-refractivity contribution in [3.05, 3.63) is 63.9 Å². The highest BCUT2D eigenvalue weighted by Gasteiger charge is 2.15. The van der Waals surface area contributed by atoms with Crippen LogP contribution in [0.1, 0.15) is 20.7 Å². The number of pyridine rings is 1. The minimum absolute atomic E-state index is 0. The van der Waals surface area contributed by atoms with Gasteiger partial charge in [-0.2, -0.15) is 4.57 Å². The minimum atomic E-state index is -0.540. The van der Waals surface area contributed by atoms with Crippen molar-refractivity contribution in [3.63, 3.8) is 0 Å². The van der Waals surface area contributed by atoms with Gasteiger partial charge in [0.2, 0.25) is 12.3 Å². The third kappa shape index (κ3) is 4.43. The Hall–Kier alpha value is -1.62. The number of benzene rings is 1. The van der Waals surface area contributed by atoms with Gasteiger partial charge in [0.1, 0.15) is 5.56 Å². The normalized spacial score (nSPS) is 9.81. The summed E-state index contributed by atoms with van der Waals surface area (Å²) in [6.45, 7) is 0.0824. The first kappa shape index (κ1) is 17.4. The fourth-order valence-electron chi connectivity index (χ4n) is 1.69. The molecule has 0 aliphatic carbocycles. The van der Waals surface area contributed by atoms with Crippen molar-refractivity contribution in [1.29, 1.82) is 0 Å². The molecule has 2 rings (SSSR count). The number of aromatic nitrogens is 1. The van der Waals surface area contributed by atoms with E-state index in [1.165, 1.54) is 12.3 Å². The molecule has 7 heteroatoms. The molecule has 1 aromatic carbocycles. The lowest BCUT2D eigenvalue weighted by atomic mass is 10.1. The molecular formula is C14H11Cl3N2O2. The zero-order chi connectivity index (χ0) is 14.7. The average molecular weight is 346 g/mol.